The average molecular weight is 231 g/mol. The molecule has 3 heteroatoms. The van der Waals surface area contributed by atoms with E-state index in [0.29, 0.717) is 6.54 Å². The Balaban J connectivity index is 2.76. The van der Waals surface area contributed by atoms with E-state index < -0.39 is 5.54 Å². The van der Waals surface area contributed by atoms with Crippen LogP contribution in [0.25, 0.3) is 0 Å². The van der Waals surface area contributed by atoms with Gasteiger partial charge < -0.3 is 10.2 Å². The minimum Gasteiger partial charge on any atom is -0.372 e. The van der Waals surface area contributed by atoms with Crippen molar-refractivity contribution in [1.29, 1.82) is 5.26 Å². The van der Waals surface area contributed by atoms with Crippen LogP contribution in [0.5, 0.6) is 0 Å². The third-order valence-corrected chi connectivity index (χ3v) is 3.14. The molecule has 17 heavy (non-hydrogen) atoms. The minimum atomic E-state index is -0.516. The number of aryl methyl sites for hydroxylation is 1. The molecule has 0 heterocycles. The Labute approximate surface area is 104 Å². The summed E-state index contributed by atoms with van der Waals surface area (Å²) < 4.78 is 0. The number of likely N-dealkylation sites (N-methyl/N-ethyl adjacent to an activating group) is 2. The Hall–Kier alpha value is -1.53. The van der Waals surface area contributed by atoms with E-state index in [-0.39, 0.29) is 0 Å². The lowest BCUT2D eigenvalue weighted by atomic mass is 10.0. The van der Waals surface area contributed by atoms with Crippen LogP contribution in [-0.4, -0.2) is 26.2 Å². The largest absolute Gasteiger partial charge is 0.372 e. The summed E-state index contributed by atoms with van der Waals surface area (Å²) in [4.78, 5) is 2.10. The van der Waals surface area contributed by atoms with Crippen LogP contribution in [0.4, 0.5) is 5.69 Å². The van der Waals surface area contributed by atoms with Gasteiger partial charge in [0.2, 0.25) is 0 Å². The van der Waals surface area contributed by atoms with Gasteiger partial charge in [0.05, 0.1) is 6.07 Å². The van der Waals surface area contributed by atoms with Crippen molar-refractivity contribution in [2.24, 2.45) is 0 Å². The smallest absolute Gasteiger partial charge is 0.121 e. The molecular formula is C14H21N3. The van der Waals surface area contributed by atoms with E-state index in [0.717, 1.165) is 12.1 Å². The number of nitrogens with zero attached hydrogens (tertiary/aromatic N) is 2. The van der Waals surface area contributed by atoms with Crippen molar-refractivity contribution in [3.63, 3.8) is 0 Å². The molecule has 3 nitrogen and oxygen atoms in total. The highest BCUT2D eigenvalue weighted by molar-refractivity contribution is 5.47. The van der Waals surface area contributed by atoms with Crippen LogP contribution in [0.15, 0.2) is 24.3 Å². The van der Waals surface area contributed by atoms with Gasteiger partial charge in [-0.1, -0.05) is 19.1 Å². The molecule has 0 radical (unpaired) electrons. The van der Waals surface area contributed by atoms with E-state index >= 15 is 0 Å². The number of hydrogen-bond donors (Lipinski definition) is 1. The van der Waals surface area contributed by atoms with Crippen LogP contribution in [-0.2, 0) is 6.42 Å². The van der Waals surface area contributed by atoms with Gasteiger partial charge in [-0.2, -0.15) is 5.26 Å². The summed E-state index contributed by atoms with van der Waals surface area (Å²) in [6, 6.07) is 10.8. The fourth-order valence-electron chi connectivity index (χ4n) is 1.72. The normalized spacial score (nSPS) is 13.8. The number of anilines is 1. The summed E-state index contributed by atoms with van der Waals surface area (Å²) in [5.74, 6) is 0. The Bertz CT molecular complexity index is 391. The molecule has 1 N–H and O–H groups in total. The second kappa shape index (κ2) is 5.70. The molecule has 0 aliphatic heterocycles. The van der Waals surface area contributed by atoms with Gasteiger partial charge in [-0.25, -0.2) is 0 Å². The van der Waals surface area contributed by atoms with Gasteiger partial charge >= 0.3 is 0 Å². The van der Waals surface area contributed by atoms with Crippen molar-refractivity contribution < 1.29 is 0 Å². The second-order valence-electron chi connectivity index (χ2n) is 4.57. The molecule has 1 aromatic carbocycles. The lowest BCUT2D eigenvalue weighted by Gasteiger charge is -2.29. The summed E-state index contributed by atoms with van der Waals surface area (Å²) in [7, 11) is 3.82. The molecule has 0 aliphatic rings. The molecule has 0 saturated carbocycles. The van der Waals surface area contributed by atoms with Crippen LogP contribution in [0.2, 0.25) is 0 Å². The number of nitriles is 1. The van der Waals surface area contributed by atoms with Gasteiger partial charge in [0.15, 0.2) is 0 Å². The van der Waals surface area contributed by atoms with Gasteiger partial charge in [0.25, 0.3) is 0 Å². The quantitative estimate of drug-likeness (QED) is 0.844. The first-order valence-electron chi connectivity index (χ1n) is 5.95. The molecular weight excluding hydrogens is 210 g/mol. The van der Waals surface area contributed by atoms with Gasteiger partial charge in [-0.3, -0.25) is 0 Å². The summed E-state index contributed by atoms with van der Waals surface area (Å²) in [5.41, 5.74) is 1.95. The number of hydrogen-bond acceptors (Lipinski definition) is 3. The molecule has 0 saturated heterocycles. The van der Waals surface area contributed by atoms with Crippen LogP contribution in [0.1, 0.15) is 19.4 Å². The van der Waals surface area contributed by atoms with Crippen LogP contribution >= 0.6 is 0 Å². The van der Waals surface area contributed by atoms with E-state index in [1.165, 1.54) is 5.56 Å². The summed E-state index contributed by atoms with van der Waals surface area (Å²) in [6.07, 6.45) is 1.05. The fraction of sp³-hybridized carbons (Fsp3) is 0.500. The van der Waals surface area contributed by atoms with Crippen molar-refractivity contribution in [1.82, 2.24) is 5.32 Å². The highest BCUT2D eigenvalue weighted by Gasteiger charge is 2.23. The molecule has 92 valence electrons. The molecule has 0 aliphatic carbocycles. The zero-order chi connectivity index (χ0) is 12.9. The third kappa shape index (κ3) is 3.47. The highest BCUT2D eigenvalue weighted by atomic mass is 15.1. The Morgan fingerprint density at radius 3 is 2.35 bits per heavy atom. The Morgan fingerprint density at radius 1 is 1.35 bits per heavy atom. The third-order valence-electron chi connectivity index (χ3n) is 3.14. The average Bonchev–Trinajstić information content (AvgIpc) is 2.38. The van der Waals surface area contributed by atoms with Crippen molar-refractivity contribution in [2.75, 3.05) is 25.5 Å². The van der Waals surface area contributed by atoms with E-state index in [4.69, 9.17) is 5.26 Å². The fourth-order valence-corrected chi connectivity index (χ4v) is 1.72. The predicted octanol–water partition coefficient (Wildman–Crippen LogP) is 2.19. The van der Waals surface area contributed by atoms with E-state index in [1.807, 2.05) is 21.0 Å². The molecule has 0 bridgehead atoms. The number of benzene rings is 1. The molecule has 1 aromatic rings. The molecule has 1 rings (SSSR count). The van der Waals surface area contributed by atoms with Crippen LogP contribution < -0.4 is 10.2 Å². The molecule has 0 fully saturated rings. The first kappa shape index (κ1) is 13.5. The van der Waals surface area contributed by atoms with Crippen molar-refractivity contribution in [3.05, 3.63) is 29.8 Å². The highest BCUT2D eigenvalue weighted by Crippen LogP contribution is 2.16. The van der Waals surface area contributed by atoms with Crippen molar-refractivity contribution >= 4 is 5.69 Å². The topological polar surface area (TPSA) is 39.1 Å². The maximum Gasteiger partial charge on any atom is 0.121 e. The van der Waals surface area contributed by atoms with E-state index in [9.17, 15) is 0 Å². The lowest BCUT2D eigenvalue weighted by molar-refractivity contribution is 0.492. The summed E-state index contributed by atoms with van der Waals surface area (Å²) in [6.45, 7) is 4.71. The predicted molar refractivity (Wildman–Crippen MR) is 72.2 cm³/mol. The molecule has 0 spiro atoms. The van der Waals surface area contributed by atoms with Crippen LogP contribution in [0, 0.1) is 11.3 Å². The first-order valence-corrected chi connectivity index (χ1v) is 5.95. The minimum absolute atomic E-state index is 0.516. The van der Waals surface area contributed by atoms with Gasteiger partial charge in [-0.15, -0.1) is 0 Å². The van der Waals surface area contributed by atoms with Crippen LogP contribution in [0.3, 0.4) is 0 Å². The van der Waals surface area contributed by atoms with Gasteiger partial charge in [0.1, 0.15) is 5.54 Å². The molecule has 1 atom stereocenters. The zero-order valence-corrected chi connectivity index (χ0v) is 11.1. The maximum atomic E-state index is 9.12. The molecule has 0 aromatic heterocycles. The monoisotopic (exact) mass is 231 g/mol. The maximum absolute atomic E-state index is 9.12. The standard InChI is InChI=1S/C14H21N3/c1-5-12-6-8-13(9-7-12)17(4)11-14(2,10-15)16-3/h6-9,16H,5,11H2,1-4H3. The summed E-state index contributed by atoms with van der Waals surface area (Å²) >= 11 is 0. The van der Waals surface area contributed by atoms with Gasteiger partial charge in [0, 0.05) is 19.3 Å². The van der Waals surface area contributed by atoms with E-state index in [2.05, 4.69) is 47.5 Å². The van der Waals surface area contributed by atoms with E-state index in [1.54, 1.807) is 0 Å². The zero-order valence-electron chi connectivity index (χ0n) is 11.1. The lowest BCUT2D eigenvalue weighted by Crippen LogP contribution is -2.47. The SMILES string of the molecule is CCc1ccc(N(C)CC(C)(C#N)NC)cc1. The van der Waals surface area contributed by atoms with Crippen molar-refractivity contribution in [2.45, 2.75) is 25.8 Å². The second-order valence-corrected chi connectivity index (χ2v) is 4.57. The number of rotatable bonds is 5. The molecule has 0 amide bonds. The molecule has 1 unspecified atom stereocenters. The summed E-state index contributed by atoms with van der Waals surface area (Å²) in [5, 5.41) is 12.2. The Kier molecular flexibility index (Phi) is 4.53. The Morgan fingerprint density at radius 2 is 1.94 bits per heavy atom. The number of nitrogens with one attached hydrogen (secondary N) is 1. The van der Waals surface area contributed by atoms with Gasteiger partial charge in [-0.05, 0) is 38.1 Å². The van der Waals surface area contributed by atoms with Crippen molar-refractivity contribution in [3.8, 4) is 6.07 Å². The first-order chi connectivity index (χ1) is 8.04.